The summed E-state index contributed by atoms with van der Waals surface area (Å²) in [5.74, 6) is -1.26. The van der Waals surface area contributed by atoms with E-state index in [1.54, 1.807) is 6.08 Å². The van der Waals surface area contributed by atoms with Crippen LogP contribution in [0.4, 0.5) is 0 Å². The molecule has 0 aromatic rings. The third-order valence-corrected chi connectivity index (χ3v) is 10.6. The number of ether oxygens (including phenoxy) is 1. The van der Waals surface area contributed by atoms with Crippen LogP contribution in [-0.4, -0.2) is 40.1 Å². The Kier molecular flexibility index (Phi) is 6.47. The van der Waals surface area contributed by atoms with Crippen molar-refractivity contribution in [3.8, 4) is 0 Å². The van der Waals surface area contributed by atoms with Crippen molar-refractivity contribution in [2.75, 3.05) is 0 Å². The lowest BCUT2D eigenvalue weighted by molar-refractivity contribution is -0.228. The molecule has 6 heteroatoms. The van der Waals surface area contributed by atoms with Gasteiger partial charge in [-0.15, -0.1) is 0 Å². The molecule has 4 rings (SSSR count). The maximum absolute atomic E-state index is 13.0. The summed E-state index contributed by atoms with van der Waals surface area (Å²) in [6, 6.07) is 0. The number of fused-ring (bicyclic) bond motifs is 5. The summed E-state index contributed by atoms with van der Waals surface area (Å²) in [5, 5.41) is 21.2. The van der Waals surface area contributed by atoms with Gasteiger partial charge in [-0.25, -0.2) is 0 Å². The van der Waals surface area contributed by atoms with E-state index in [0.29, 0.717) is 6.42 Å². The maximum atomic E-state index is 13.0. The number of hydrogen-bond acceptors (Lipinski definition) is 5. The summed E-state index contributed by atoms with van der Waals surface area (Å²) in [7, 11) is 0. The Morgan fingerprint density at radius 3 is 2.44 bits per heavy atom. The van der Waals surface area contributed by atoms with Crippen molar-refractivity contribution in [2.45, 2.75) is 92.8 Å². The molecule has 0 bridgehead atoms. The zero-order chi connectivity index (χ0) is 26.8. The molecular formula is C30H42O6. The van der Waals surface area contributed by atoms with Crippen LogP contribution < -0.4 is 0 Å². The average molecular weight is 499 g/mol. The van der Waals surface area contributed by atoms with E-state index in [0.717, 1.165) is 19.3 Å². The Bertz CT molecular complexity index is 1070. The lowest BCUT2D eigenvalue weighted by Gasteiger charge is -2.67. The fourth-order valence-corrected chi connectivity index (χ4v) is 9.02. The smallest absolute Gasteiger partial charge is 0.303 e. The topological polar surface area (TPSA) is 101 Å². The maximum Gasteiger partial charge on any atom is 0.303 e. The van der Waals surface area contributed by atoms with Crippen LogP contribution in [0, 0.1) is 39.4 Å². The molecule has 198 valence electrons. The highest BCUT2D eigenvalue weighted by Crippen LogP contribution is 2.72. The summed E-state index contributed by atoms with van der Waals surface area (Å²) >= 11 is 0. The number of rotatable bonds is 5. The van der Waals surface area contributed by atoms with Gasteiger partial charge in [0.25, 0.3) is 0 Å². The fraction of sp³-hybridized carbons (Fsp3) is 0.700. The molecule has 0 saturated heterocycles. The largest absolute Gasteiger partial charge is 0.481 e. The zero-order valence-electron chi connectivity index (χ0n) is 22.8. The lowest BCUT2D eigenvalue weighted by Crippen LogP contribution is -2.70. The van der Waals surface area contributed by atoms with Crippen molar-refractivity contribution in [1.82, 2.24) is 0 Å². The molecule has 36 heavy (non-hydrogen) atoms. The summed E-state index contributed by atoms with van der Waals surface area (Å²) in [4.78, 5) is 36.3. The first-order valence-corrected chi connectivity index (χ1v) is 13.3. The fourth-order valence-electron chi connectivity index (χ4n) is 9.02. The Labute approximate surface area is 214 Å². The van der Waals surface area contributed by atoms with Gasteiger partial charge in [0.1, 0.15) is 12.2 Å². The van der Waals surface area contributed by atoms with E-state index < -0.39 is 40.4 Å². The SMILES string of the molecule is CC(=O)O[C@H]1[C@@H]2C(C)(C)C(=O)C=C[C@]2(C)[C@H]2CC[C@]3(C)C(=CC[C@H]3C(C)=CCCC(=O)O)[C@]2(C)[C@@H]1O. The van der Waals surface area contributed by atoms with E-state index in [1.165, 1.54) is 18.1 Å². The minimum atomic E-state index is -0.941. The van der Waals surface area contributed by atoms with Crippen LogP contribution >= 0.6 is 0 Å². The number of esters is 1. The van der Waals surface area contributed by atoms with Gasteiger partial charge in [-0.2, -0.15) is 0 Å². The van der Waals surface area contributed by atoms with Crippen LogP contribution in [0.25, 0.3) is 0 Å². The second kappa shape index (κ2) is 8.68. The molecule has 0 heterocycles. The van der Waals surface area contributed by atoms with Gasteiger partial charge in [-0.05, 0) is 61.3 Å². The van der Waals surface area contributed by atoms with Crippen LogP contribution in [0.5, 0.6) is 0 Å². The molecule has 0 unspecified atom stereocenters. The quantitative estimate of drug-likeness (QED) is 0.396. The van der Waals surface area contributed by atoms with Crippen molar-refractivity contribution >= 4 is 17.7 Å². The van der Waals surface area contributed by atoms with Crippen LogP contribution in [0.3, 0.4) is 0 Å². The molecular weight excluding hydrogens is 456 g/mol. The monoisotopic (exact) mass is 498 g/mol. The number of hydrogen-bond donors (Lipinski definition) is 2. The molecule has 2 saturated carbocycles. The van der Waals surface area contributed by atoms with Gasteiger partial charge in [0, 0.05) is 30.1 Å². The number of ketones is 1. The predicted octanol–water partition coefficient (Wildman–Crippen LogP) is 5.26. The number of carbonyl (C=O) groups excluding carboxylic acids is 2. The normalized spacial score (nSPS) is 43.2. The van der Waals surface area contributed by atoms with Gasteiger partial charge in [0.2, 0.25) is 0 Å². The molecule has 0 spiro atoms. The first-order chi connectivity index (χ1) is 16.6. The molecule has 0 aromatic carbocycles. The van der Waals surface area contributed by atoms with Crippen molar-refractivity contribution < 1.29 is 29.3 Å². The Hall–Kier alpha value is -2.21. The number of carboxylic acids is 1. The molecule has 2 fully saturated rings. The molecule has 0 aromatic heterocycles. The van der Waals surface area contributed by atoms with Gasteiger partial charge in [-0.3, -0.25) is 14.4 Å². The van der Waals surface area contributed by atoms with Crippen LogP contribution in [0.2, 0.25) is 0 Å². The molecule has 0 amide bonds. The van der Waals surface area contributed by atoms with Crippen molar-refractivity contribution in [3.63, 3.8) is 0 Å². The van der Waals surface area contributed by atoms with E-state index in [2.05, 4.69) is 39.8 Å². The first-order valence-electron chi connectivity index (χ1n) is 13.3. The van der Waals surface area contributed by atoms with Gasteiger partial charge >= 0.3 is 11.9 Å². The molecule has 2 N–H and O–H groups in total. The van der Waals surface area contributed by atoms with Gasteiger partial charge in [-0.1, -0.05) is 64.0 Å². The minimum absolute atomic E-state index is 0.000784. The highest BCUT2D eigenvalue weighted by Gasteiger charge is 2.71. The van der Waals surface area contributed by atoms with Gasteiger partial charge in [0.05, 0.1) is 0 Å². The van der Waals surface area contributed by atoms with E-state index in [-0.39, 0.29) is 35.4 Å². The number of aliphatic hydroxyl groups is 1. The number of allylic oxidation sites excluding steroid dienone is 5. The van der Waals surface area contributed by atoms with Gasteiger partial charge in [0.15, 0.2) is 5.78 Å². The molecule has 8 atom stereocenters. The third-order valence-electron chi connectivity index (χ3n) is 10.6. The minimum Gasteiger partial charge on any atom is -0.481 e. The predicted molar refractivity (Wildman–Crippen MR) is 137 cm³/mol. The van der Waals surface area contributed by atoms with Crippen LogP contribution in [-0.2, 0) is 19.1 Å². The summed E-state index contributed by atoms with van der Waals surface area (Å²) < 4.78 is 5.90. The van der Waals surface area contributed by atoms with E-state index in [4.69, 9.17) is 9.84 Å². The Morgan fingerprint density at radius 2 is 1.83 bits per heavy atom. The second-order valence-corrected chi connectivity index (χ2v) is 12.9. The average Bonchev–Trinajstić information content (AvgIpc) is 3.12. The molecule has 4 aliphatic carbocycles. The Morgan fingerprint density at radius 1 is 1.17 bits per heavy atom. The molecule has 4 aliphatic rings. The zero-order valence-corrected chi connectivity index (χ0v) is 22.8. The van der Waals surface area contributed by atoms with Crippen molar-refractivity contribution in [3.05, 3.63) is 35.5 Å². The first kappa shape index (κ1) is 26.8. The van der Waals surface area contributed by atoms with E-state index in [1.807, 2.05) is 19.9 Å². The van der Waals surface area contributed by atoms with Crippen molar-refractivity contribution in [1.29, 1.82) is 0 Å². The summed E-state index contributed by atoms with van der Waals surface area (Å²) in [5.41, 5.74) is 0.400. The van der Waals surface area contributed by atoms with E-state index in [9.17, 15) is 19.5 Å². The van der Waals surface area contributed by atoms with Crippen LogP contribution in [0.1, 0.15) is 80.6 Å². The molecule has 6 nitrogen and oxygen atoms in total. The summed E-state index contributed by atoms with van der Waals surface area (Å²) in [6.07, 6.45) is 9.63. The highest BCUT2D eigenvalue weighted by molar-refractivity contribution is 5.96. The molecule has 0 aliphatic heterocycles. The van der Waals surface area contributed by atoms with Gasteiger partial charge < -0.3 is 14.9 Å². The standard InChI is InChI=1S/C30H42O6/c1-17(9-8-10-23(33)34)19-11-12-20-28(19,5)15-13-21-29(6)16-14-22(32)27(3,4)25(29)24(36-18(2)31)26(35)30(20,21)7/h9,12,14,16,19,21,24-26,35H,8,10-11,13,15H2,1-7H3,(H,33,34)/t19-,21+,24-,25+,26+,28-,29+,30-/m0/s1. The third kappa shape index (κ3) is 3.66. The number of carboxylic acid groups (broad SMARTS) is 1. The van der Waals surface area contributed by atoms with Crippen molar-refractivity contribution in [2.24, 2.45) is 39.4 Å². The van der Waals surface area contributed by atoms with Crippen LogP contribution in [0.15, 0.2) is 35.5 Å². The number of aliphatic carboxylic acids is 1. The van der Waals surface area contributed by atoms with E-state index >= 15 is 0 Å². The highest BCUT2D eigenvalue weighted by atomic mass is 16.6. The Balaban J connectivity index is 1.80. The number of aliphatic hydroxyl groups excluding tert-OH is 1. The molecule has 0 radical (unpaired) electrons. The lowest BCUT2D eigenvalue weighted by atomic mass is 9.38. The second-order valence-electron chi connectivity index (χ2n) is 12.9. The number of carbonyl (C=O) groups is 3. The summed E-state index contributed by atoms with van der Waals surface area (Å²) in [6.45, 7) is 13.9.